The number of pyridine rings is 1. The van der Waals surface area contributed by atoms with Crippen molar-refractivity contribution >= 4 is 11.8 Å². The summed E-state index contributed by atoms with van der Waals surface area (Å²) < 4.78 is 12.9. The van der Waals surface area contributed by atoms with Gasteiger partial charge in [0.2, 0.25) is 5.95 Å². The normalized spacial score (nSPS) is 10.3. The number of nitrogens with zero attached hydrogens (tertiary/aromatic N) is 3. The molecule has 0 radical (unpaired) electrons. The topological polar surface area (TPSA) is 62.7 Å². The molecule has 23 heavy (non-hydrogen) atoms. The highest BCUT2D eigenvalue weighted by Gasteiger charge is 2.00. The Morgan fingerprint density at radius 1 is 0.783 bits per heavy atom. The predicted octanol–water partition coefficient (Wildman–Crippen LogP) is 3.23. The van der Waals surface area contributed by atoms with Gasteiger partial charge in [0.25, 0.3) is 0 Å². The van der Waals surface area contributed by atoms with Gasteiger partial charge in [-0.3, -0.25) is 4.98 Å². The third-order valence-corrected chi connectivity index (χ3v) is 3.24. The molecular weight excluding hydrogens is 293 g/mol. The Bertz CT molecular complexity index is 746. The van der Waals surface area contributed by atoms with Crippen LogP contribution < -0.4 is 10.6 Å². The molecule has 6 heteroatoms. The highest BCUT2D eigenvalue weighted by molar-refractivity contribution is 5.40. The monoisotopic (exact) mass is 309 g/mol. The van der Waals surface area contributed by atoms with Crippen LogP contribution in [-0.2, 0) is 13.1 Å². The van der Waals surface area contributed by atoms with Crippen LogP contribution in [0.15, 0.2) is 61.1 Å². The molecule has 5 nitrogen and oxygen atoms in total. The molecule has 0 atom stereocenters. The van der Waals surface area contributed by atoms with Gasteiger partial charge in [0.05, 0.1) is 0 Å². The summed E-state index contributed by atoms with van der Waals surface area (Å²) in [6, 6.07) is 12.0. The summed E-state index contributed by atoms with van der Waals surface area (Å²) in [4.78, 5) is 12.6. The van der Waals surface area contributed by atoms with Gasteiger partial charge in [-0.15, -0.1) is 0 Å². The van der Waals surface area contributed by atoms with Crippen LogP contribution >= 0.6 is 0 Å². The van der Waals surface area contributed by atoms with E-state index in [2.05, 4.69) is 25.6 Å². The fraction of sp³-hybridized carbons (Fsp3) is 0.118. The second-order valence-electron chi connectivity index (χ2n) is 4.95. The van der Waals surface area contributed by atoms with Gasteiger partial charge in [-0.1, -0.05) is 12.1 Å². The first-order chi connectivity index (χ1) is 11.3. The summed E-state index contributed by atoms with van der Waals surface area (Å²) in [5.74, 6) is 1.01. The van der Waals surface area contributed by atoms with Gasteiger partial charge >= 0.3 is 0 Å². The van der Waals surface area contributed by atoms with Crippen molar-refractivity contribution in [2.45, 2.75) is 13.1 Å². The highest BCUT2D eigenvalue weighted by atomic mass is 19.1. The van der Waals surface area contributed by atoms with E-state index in [1.165, 1.54) is 12.1 Å². The number of benzene rings is 1. The minimum Gasteiger partial charge on any atom is -0.366 e. The van der Waals surface area contributed by atoms with Crippen LogP contribution in [0, 0.1) is 5.82 Å². The quantitative estimate of drug-likeness (QED) is 0.732. The zero-order valence-electron chi connectivity index (χ0n) is 12.4. The number of anilines is 2. The molecule has 0 aliphatic heterocycles. The van der Waals surface area contributed by atoms with Crippen molar-refractivity contribution in [3.8, 4) is 0 Å². The molecular formula is C17H16FN5. The van der Waals surface area contributed by atoms with E-state index in [9.17, 15) is 4.39 Å². The second-order valence-corrected chi connectivity index (χ2v) is 4.95. The Kier molecular flexibility index (Phi) is 4.73. The molecule has 0 unspecified atom stereocenters. The summed E-state index contributed by atoms with van der Waals surface area (Å²) in [7, 11) is 0. The Balaban J connectivity index is 1.57. The lowest BCUT2D eigenvalue weighted by atomic mass is 10.2. The molecule has 3 aromatic rings. The van der Waals surface area contributed by atoms with Gasteiger partial charge in [-0.25, -0.2) is 9.37 Å². The van der Waals surface area contributed by atoms with E-state index < -0.39 is 0 Å². The third-order valence-electron chi connectivity index (χ3n) is 3.24. The first-order valence-corrected chi connectivity index (χ1v) is 7.24. The summed E-state index contributed by atoms with van der Waals surface area (Å²) >= 11 is 0. The number of hydrogen-bond acceptors (Lipinski definition) is 5. The first kappa shape index (κ1) is 14.9. The lowest BCUT2D eigenvalue weighted by Gasteiger charge is -2.08. The van der Waals surface area contributed by atoms with Crippen molar-refractivity contribution in [2.24, 2.45) is 0 Å². The number of hydrogen-bond donors (Lipinski definition) is 2. The fourth-order valence-electron chi connectivity index (χ4n) is 2.02. The molecule has 0 saturated carbocycles. The molecule has 116 valence electrons. The SMILES string of the molecule is Fc1ccc(CNc2nccc(NCc3ccncc3)n2)cc1. The van der Waals surface area contributed by atoms with Crippen LogP contribution in [0.1, 0.15) is 11.1 Å². The third kappa shape index (κ3) is 4.47. The van der Waals surface area contributed by atoms with Gasteiger partial charge < -0.3 is 10.6 Å². The Labute approximate surface area is 133 Å². The van der Waals surface area contributed by atoms with E-state index in [1.54, 1.807) is 30.7 Å². The maximum atomic E-state index is 12.9. The van der Waals surface area contributed by atoms with Crippen LogP contribution in [0.25, 0.3) is 0 Å². The van der Waals surface area contributed by atoms with Crippen molar-refractivity contribution in [3.63, 3.8) is 0 Å². The molecule has 2 N–H and O–H groups in total. The van der Waals surface area contributed by atoms with E-state index in [0.717, 1.165) is 16.9 Å². The summed E-state index contributed by atoms with van der Waals surface area (Å²) in [6.07, 6.45) is 5.20. The van der Waals surface area contributed by atoms with E-state index >= 15 is 0 Å². The second kappa shape index (κ2) is 7.31. The van der Waals surface area contributed by atoms with Gasteiger partial charge in [0.15, 0.2) is 0 Å². The zero-order chi connectivity index (χ0) is 15.9. The number of aromatic nitrogens is 3. The molecule has 0 spiro atoms. The van der Waals surface area contributed by atoms with Crippen molar-refractivity contribution in [3.05, 3.63) is 78.0 Å². The molecule has 1 aromatic carbocycles. The van der Waals surface area contributed by atoms with Gasteiger partial charge in [-0.05, 0) is 41.5 Å². The molecule has 0 aliphatic rings. The smallest absolute Gasteiger partial charge is 0.224 e. The first-order valence-electron chi connectivity index (χ1n) is 7.24. The average Bonchev–Trinajstić information content (AvgIpc) is 2.61. The molecule has 0 amide bonds. The summed E-state index contributed by atoms with van der Waals surface area (Å²) in [5, 5.41) is 6.36. The molecule has 2 aromatic heterocycles. The van der Waals surface area contributed by atoms with Crippen LogP contribution in [0.4, 0.5) is 16.2 Å². The van der Waals surface area contributed by atoms with Crippen LogP contribution in [0.3, 0.4) is 0 Å². The Morgan fingerprint density at radius 3 is 2.26 bits per heavy atom. The minimum atomic E-state index is -0.243. The molecule has 0 aliphatic carbocycles. The number of nitrogens with one attached hydrogen (secondary N) is 2. The predicted molar refractivity (Wildman–Crippen MR) is 87.3 cm³/mol. The highest BCUT2D eigenvalue weighted by Crippen LogP contribution is 2.10. The molecule has 3 rings (SSSR count). The molecule has 0 fully saturated rings. The van der Waals surface area contributed by atoms with E-state index in [0.29, 0.717) is 19.0 Å². The molecule has 0 bridgehead atoms. The molecule has 2 heterocycles. The van der Waals surface area contributed by atoms with Gasteiger partial charge in [-0.2, -0.15) is 4.98 Å². The number of rotatable bonds is 6. The molecule has 0 saturated heterocycles. The van der Waals surface area contributed by atoms with E-state index in [-0.39, 0.29) is 5.82 Å². The average molecular weight is 309 g/mol. The Morgan fingerprint density at radius 2 is 1.48 bits per heavy atom. The van der Waals surface area contributed by atoms with Crippen LogP contribution in [0.2, 0.25) is 0 Å². The summed E-state index contributed by atoms with van der Waals surface area (Å²) in [6.45, 7) is 1.20. The maximum absolute atomic E-state index is 12.9. The standard InChI is InChI=1S/C17H16FN5/c18-15-3-1-13(2-4-15)12-22-17-20-10-7-16(23-17)21-11-14-5-8-19-9-6-14/h1-10H,11-12H2,(H2,20,21,22,23). The van der Waals surface area contributed by atoms with Crippen molar-refractivity contribution < 1.29 is 4.39 Å². The van der Waals surface area contributed by atoms with Crippen molar-refractivity contribution in [1.82, 2.24) is 15.0 Å². The Hall–Kier alpha value is -3.02. The van der Waals surface area contributed by atoms with Crippen LogP contribution in [-0.4, -0.2) is 15.0 Å². The van der Waals surface area contributed by atoms with Gasteiger partial charge in [0, 0.05) is 31.7 Å². The van der Waals surface area contributed by atoms with E-state index in [1.807, 2.05) is 18.2 Å². The van der Waals surface area contributed by atoms with Crippen LogP contribution in [0.5, 0.6) is 0 Å². The number of halogens is 1. The van der Waals surface area contributed by atoms with Crippen molar-refractivity contribution in [1.29, 1.82) is 0 Å². The van der Waals surface area contributed by atoms with E-state index in [4.69, 9.17) is 0 Å². The fourth-order valence-corrected chi connectivity index (χ4v) is 2.02. The zero-order valence-corrected chi connectivity index (χ0v) is 12.4. The maximum Gasteiger partial charge on any atom is 0.224 e. The van der Waals surface area contributed by atoms with Crippen molar-refractivity contribution in [2.75, 3.05) is 10.6 Å². The van der Waals surface area contributed by atoms with Gasteiger partial charge in [0.1, 0.15) is 11.6 Å². The summed E-state index contributed by atoms with van der Waals surface area (Å²) in [5.41, 5.74) is 2.09. The minimum absolute atomic E-state index is 0.243. The largest absolute Gasteiger partial charge is 0.366 e. The lowest BCUT2D eigenvalue weighted by Crippen LogP contribution is -2.06. The lowest BCUT2D eigenvalue weighted by molar-refractivity contribution is 0.627.